The highest BCUT2D eigenvalue weighted by molar-refractivity contribution is 6.04. The maximum Gasteiger partial charge on any atom is 0.265 e. The van der Waals surface area contributed by atoms with Crippen LogP contribution in [-0.4, -0.2) is 24.0 Å². The molecule has 2 aromatic rings. The second-order valence-corrected chi connectivity index (χ2v) is 6.03. The molecule has 138 valence electrons. The molecule has 2 rings (SSSR count). The Morgan fingerprint density at radius 3 is 2.38 bits per heavy atom. The lowest BCUT2D eigenvalue weighted by Gasteiger charge is -2.17. The molecule has 2 atom stereocenters. The average molecular weight is 358 g/mol. The first kappa shape index (κ1) is 19.4. The Morgan fingerprint density at radius 1 is 1.08 bits per heavy atom. The van der Waals surface area contributed by atoms with E-state index in [0.717, 1.165) is 6.42 Å². The fourth-order valence-electron chi connectivity index (χ4n) is 2.20. The first-order chi connectivity index (χ1) is 12.4. The molecule has 2 aromatic carbocycles. The molecular formula is C20H23FN2O3. The fourth-order valence-corrected chi connectivity index (χ4v) is 2.20. The van der Waals surface area contributed by atoms with Gasteiger partial charge < -0.3 is 15.4 Å². The van der Waals surface area contributed by atoms with Gasteiger partial charge in [-0.3, -0.25) is 9.59 Å². The van der Waals surface area contributed by atoms with Crippen molar-refractivity contribution < 1.29 is 18.7 Å². The highest BCUT2D eigenvalue weighted by atomic mass is 19.1. The Morgan fingerprint density at radius 2 is 1.73 bits per heavy atom. The summed E-state index contributed by atoms with van der Waals surface area (Å²) in [6.45, 7) is 5.48. The van der Waals surface area contributed by atoms with Gasteiger partial charge in [-0.2, -0.15) is 0 Å². The molecule has 5 nitrogen and oxygen atoms in total. The van der Waals surface area contributed by atoms with E-state index in [4.69, 9.17) is 4.74 Å². The van der Waals surface area contributed by atoms with Crippen molar-refractivity contribution in [3.8, 4) is 5.75 Å². The lowest BCUT2D eigenvalue weighted by Crippen LogP contribution is -2.34. The summed E-state index contributed by atoms with van der Waals surface area (Å²) in [4.78, 5) is 24.8. The zero-order chi connectivity index (χ0) is 19.1. The van der Waals surface area contributed by atoms with Crippen LogP contribution < -0.4 is 15.4 Å². The molecule has 2 amide bonds. The first-order valence-corrected chi connectivity index (χ1v) is 8.53. The summed E-state index contributed by atoms with van der Waals surface area (Å²) in [6, 6.07) is 12.2. The van der Waals surface area contributed by atoms with Crippen LogP contribution in [0.5, 0.6) is 5.75 Å². The quantitative estimate of drug-likeness (QED) is 0.792. The first-order valence-electron chi connectivity index (χ1n) is 8.53. The molecule has 6 heteroatoms. The lowest BCUT2D eigenvalue weighted by atomic mass is 10.1. The summed E-state index contributed by atoms with van der Waals surface area (Å²) in [5.74, 6) is -0.645. The molecule has 0 saturated heterocycles. The number of amides is 2. The molecule has 26 heavy (non-hydrogen) atoms. The molecule has 2 N–H and O–H groups in total. The molecule has 0 spiro atoms. The van der Waals surface area contributed by atoms with Crippen LogP contribution in [-0.2, 0) is 4.79 Å². The molecule has 0 fully saturated rings. The van der Waals surface area contributed by atoms with Gasteiger partial charge >= 0.3 is 0 Å². The molecule has 0 saturated carbocycles. The fraction of sp³-hybridized carbons (Fsp3) is 0.300. The molecule has 0 heterocycles. The van der Waals surface area contributed by atoms with E-state index in [1.807, 2.05) is 13.8 Å². The van der Waals surface area contributed by atoms with Crippen molar-refractivity contribution in [1.29, 1.82) is 0 Å². The van der Waals surface area contributed by atoms with Gasteiger partial charge in [-0.1, -0.05) is 19.1 Å². The second kappa shape index (κ2) is 8.99. The number of benzene rings is 2. The normalized spacial score (nSPS) is 12.8. The Bertz CT molecular complexity index is 762. The number of nitrogens with one attached hydrogen (secondary N) is 2. The lowest BCUT2D eigenvalue weighted by molar-refractivity contribution is -0.122. The van der Waals surface area contributed by atoms with E-state index >= 15 is 0 Å². The highest BCUT2D eigenvalue weighted by Crippen LogP contribution is 2.17. The van der Waals surface area contributed by atoms with Crippen LogP contribution in [0.3, 0.4) is 0 Å². The summed E-state index contributed by atoms with van der Waals surface area (Å²) >= 11 is 0. The van der Waals surface area contributed by atoms with Crippen LogP contribution in [0.4, 0.5) is 10.1 Å². The molecule has 0 bridgehead atoms. The number of anilines is 1. The van der Waals surface area contributed by atoms with Crippen molar-refractivity contribution >= 4 is 17.5 Å². The standard InChI is InChI=1S/C20H23FN2O3/c1-4-13(2)22-20(25)17-7-5-6-8-18(17)23-19(24)14(3)26-16-11-9-15(21)10-12-16/h5-14H,4H2,1-3H3,(H,22,25)(H,23,24)/t13-,14-/m1/s1. The van der Waals surface area contributed by atoms with Gasteiger partial charge in [0.15, 0.2) is 6.10 Å². The SMILES string of the molecule is CC[C@@H](C)NC(=O)c1ccccc1NC(=O)[C@@H](C)Oc1ccc(F)cc1. The van der Waals surface area contributed by atoms with Crippen molar-refractivity contribution in [2.45, 2.75) is 39.3 Å². The minimum atomic E-state index is -0.814. The van der Waals surface area contributed by atoms with E-state index in [1.165, 1.54) is 24.3 Å². The maximum absolute atomic E-state index is 12.9. The average Bonchev–Trinajstić information content (AvgIpc) is 2.63. The Balaban J connectivity index is 2.06. The monoisotopic (exact) mass is 358 g/mol. The molecule has 0 radical (unpaired) electrons. The van der Waals surface area contributed by atoms with Gasteiger partial charge in [-0.05, 0) is 56.7 Å². The zero-order valence-electron chi connectivity index (χ0n) is 15.1. The molecule has 0 aliphatic carbocycles. The van der Waals surface area contributed by atoms with Crippen molar-refractivity contribution in [2.75, 3.05) is 5.32 Å². The van der Waals surface area contributed by atoms with Crippen LogP contribution in [0.15, 0.2) is 48.5 Å². The number of carbonyl (C=O) groups is 2. The second-order valence-electron chi connectivity index (χ2n) is 6.03. The predicted molar refractivity (Wildman–Crippen MR) is 98.8 cm³/mol. The van der Waals surface area contributed by atoms with E-state index in [0.29, 0.717) is 17.0 Å². The molecule has 0 aliphatic heterocycles. The third kappa shape index (κ3) is 5.31. The van der Waals surface area contributed by atoms with Crippen LogP contribution in [0, 0.1) is 5.82 Å². The molecule has 0 aromatic heterocycles. The topological polar surface area (TPSA) is 67.4 Å². The number of carbonyl (C=O) groups excluding carboxylic acids is 2. The smallest absolute Gasteiger partial charge is 0.265 e. The summed E-state index contributed by atoms with van der Waals surface area (Å²) in [7, 11) is 0. The predicted octanol–water partition coefficient (Wildman–Crippen LogP) is 3.76. The number of ether oxygens (including phenoxy) is 1. The third-order valence-electron chi connectivity index (χ3n) is 3.92. The van der Waals surface area contributed by atoms with Gasteiger partial charge in [0.1, 0.15) is 11.6 Å². The van der Waals surface area contributed by atoms with Crippen LogP contribution in [0.2, 0.25) is 0 Å². The number of rotatable bonds is 7. The largest absolute Gasteiger partial charge is 0.481 e. The van der Waals surface area contributed by atoms with Gasteiger partial charge in [0.25, 0.3) is 11.8 Å². The van der Waals surface area contributed by atoms with Gasteiger partial charge in [-0.15, -0.1) is 0 Å². The summed E-state index contributed by atoms with van der Waals surface area (Å²) in [6.07, 6.45) is -0.00541. The van der Waals surface area contributed by atoms with E-state index in [9.17, 15) is 14.0 Å². The Hall–Kier alpha value is -2.89. The van der Waals surface area contributed by atoms with Gasteiger partial charge in [0, 0.05) is 6.04 Å². The van der Waals surface area contributed by atoms with E-state index in [2.05, 4.69) is 10.6 Å². The van der Waals surface area contributed by atoms with E-state index in [-0.39, 0.29) is 17.8 Å². The zero-order valence-corrected chi connectivity index (χ0v) is 15.1. The minimum absolute atomic E-state index is 0.0343. The number of hydrogen-bond acceptors (Lipinski definition) is 3. The highest BCUT2D eigenvalue weighted by Gasteiger charge is 2.19. The number of para-hydroxylation sites is 1. The maximum atomic E-state index is 12.9. The van der Waals surface area contributed by atoms with Gasteiger partial charge in [0.05, 0.1) is 11.3 Å². The summed E-state index contributed by atoms with van der Waals surface area (Å²) < 4.78 is 18.4. The summed E-state index contributed by atoms with van der Waals surface area (Å²) in [5, 5.41) is 5.59. The number of halogens is 1. The van der Waals surface area contributed by atoms with E-state index in [1.54, 1.807) is 31.2 Å². The van der Waals surface area contributed by atoms with Gasteiger partial charge in [-0.25, -0.2) is 4.39 Å². The Kier molecular flexibility index (Phi) is 6.72. The van der Waals surface area contributed by atoms with Crippen LogP contribution in [0.1, 0.15) is 37.6 Å². The number of hydrogen-bond donors (Lipinski definition) is 2. The Labute approximate surface area is 152 Å². The van der Waals surface area contributed by atoms with Gasteiger partial charge in [0.2, 0.25) is 0 Å². The summed E-state index contributed by atoms with van der Waals surface area (Å²) in [5.41, 5.74) is 0.794. The van der Waals surface area contributed by atoms with Crippen LogP contribution in [0.25, 0.3) is 0 Å². The molecule has 0 aliphatic rings. The van der Waals surface area contributed by atoms with Crippen molar-refractivity contribution in [1.82, 2.24) is 5.32 Å². The van der Waals surface area contributed by atoms with Crippen LogP contribution >= 0.6 is 0 Å². The minimum Gasteiger partial charge on any atom is -0.481 e. The van der Waals surface area contributed by atoms with Crippen molar-refractivity contribution in [3.63, 3.8) is 0 Å². The van der Waals surface area contributed by atoms with Crippen molar-refractivity contribution in [2.24, 2.45) is 0 Å². The third-order valence-corrected chi connectivity index (χ3v) is 3.92. The van der Waals surface area contributed by atoms with E-state index < -0.39 is 12.0 Å². The molecular weight excluding hydrogens is 335 g/mol. The molecule has 0 unspecified atom stereocenters. The van der Waals surface area contributed by atoms with Crippen molar-refractivity contribution in [3.05, 3.63) is 59.9 Å².